The molecule has 2 aromatic carbocycles. The summed E-state index contributed by atoms with van der Waals surface area (Å²) in [5, 5.41) is 11.6. The Morgan fingerprint density at radius 3 is 2.33 bits per heavy atom. The van der Waals surface area contributed by atoms with Gasteiger partial charge >= 0.3 is 5.97 Å². The number of amides is 1. The maximum atomic E-state index is 11.8. The van der Waals surface area contributed by atoms with E-state index < -0.39 is 5.97 Å². The molecule has 0 aliphatic heterocycles. The van der Waals surface area contributed by atoms with E-state index in [-0.39, 0.29) is 11.5 Å². The van der Waals surface area contributed by atoms with E-state index in [1.807, 2.05) is 31.2 Å². The average molecular weight is 325 g/mol. The molecule has 2 rings (SSSR count). The molecule has 0 aromatic heterocycles. The Bertz CT molecular complexity index is 718. The first-order chi connectivity index (χ1) is 11.6. The number of aromatic carboxylic acids is 1. The zero-order valence-corrected chi connectivity index (χ0v) is 13.4. The van der Waals surface area contributed by atoms with Gasteiger partial charge in [0, 0.05) is 12.6 Å². The van der Waals surface area contributed by atoms with E-state index in [2.05, 4.69) is 5.32 Å². The molecule has 2 aromatic rings. The van der Waals surface area contributed by atoms with Crippen molar-refractivity contribution in [2.45, 2.75) is 13.5 Å². The van der Waals surface area contributed by atoms with E-state index in [0.717, 1.165) is 16.9 Å². The second kappa shape index (κ2) is 8.53. The SMILES string of the molecule is CCOc1ccc(/C=C/C(=O)NCc2ccc(C(=O)O)cc2)cc1. The van der Waals surface area contributed by atoms with Gasteiger partial charge in [0.15, 0.2) is 0 Å². The number of carbonyl (C=O) groups is 2. The van der Waals surface area contributed by atoms with E-state index in [0.29, 0.717) is 13.2 Å². The van der Waals surface area contributed by atoms with E-state index in [1.165, 1.54) is 18.2 Å². The van der Waals surface area contributed by atoms with Crippen LogP contribution >= 0.6 is 0 Å². The first kappa shape index (κ1) is 17.3. The number of benzene rings is 2. The summed E-state index contributed by atoms with van der Waals surface area (Å²) in [6, 6.07) is 13.8. The van der Waals surface area contributed by atoms with Crippen molar-refractivity contribution in [1.82, 2.24) is 5.32 Å². The molecule has 0 fully saturated rings. The lowest BCUT2D eigenvalue weighted by Crippen LogP contribution is -2.20. The topological polar surface area (TPSA) is 75.6 Å². The fourth-order valence-corrected chi connectivity index (χ4v) is 2.03. The predicted molar refractivity (Wildman–Crippen MR) is 91.9 cm³/mol. The lowest BCUT2D eigenvalue weighted by Gasteiger charge is -2.04. The van der Waals surface area contributed by atoms with Crippen LogP contribution in [0.25, 0.3) is 6.08 Å². The summed E-state index contributed by atoms with van der Waals surface area (Å²) in [6.45, 7) is 2.88. The van der Waals surface area contributed by atoms with E-state index in [9.17, 15) is 9.59 Å². The summed E-state index contributed by atoms with van der Waals surface area (Å²) in [6.07, 6.45) is 3.18. The number of carbonyl (C=O) groups excluding carboxylic acids is 1. The van der Waals surface area contributed by atoms with Crippen molar-refractivity contribution in [3.8, 4) is 5.75 Å². The van der Waals surface area contributed by atoms with Crippen molar-refractivity contribution in [2.75, 3.05) is 6.61 Å². The van der Waals surface area contributed by atoms with Crippen LogP contribution < -0.4 is 10.1 Å². The summed E-state index contributed by atoms with van der Waals surface area (Å²) in [4.78, 5) is 22.6. The van der Waals surface area contributed by atoms with Crippen LogP contribution in [0.1, 0.15) is 28.4 Å². The first-order valence-electron chi connectivity index (χ1n) is 7.59. The van der Waals surface area contributed by atoms with Gasteiger partial charge in [-0.25, -0.2) is 4.79 Å². The number of ether oxygens (including phenoxy) is 1. The Hall–Kier alpha value is -3.08. The molecule has 0 atom stereocenters. The van der Waals surface area contributed by atoms with Crippen molar-refractivity contribution in [3.63, 3.8) is 0 Å². The van der Waals surface area contributed by atoms with Gasteiger partial charge in [0.05, 0.1) is 12.2 Å². The van der Waals surface area contributed by atoms with Crippen LogP contribution in [0.4, 0.5) is 0 Å². The Labute approximate surface area is 140 Å². The number of carboxylic acids is 1. The molecule has 0 aliphatic carbocycles. The van der Waals surface area contributed by atoms with Gasteiger partial charge in [0.2, 0.25) is 5.91 Å². The van der Waals surface area contributed by atoms with Gasteiger partial charge in [-0.3, -0.25) is 4.79 Å². The molecule has 0 spiro atoms. The van der Waals surface area contributed by atoms with Crippen molar-refractivity contribution in [3.05, 3.63) is 71.3 Å². The lowest BCUT2D eigenvalue weighted by atomic mass is 10.1. The molecular weight excluding hydrogens is 306 g/mol. The molecule has 124 valence electrons. The first-order valence-corrected chi connectivity index (χ1v) is 7.59. The van der Waals surface area contributed by atoms with Gasteiger partial charge in [0.1, 0.15) is 5.75 Å². The summed E-state index contributed by atoms with van der Waals surface area (Å²) < 4.78 is 5.36. The molecule has 5 nitrogen and oxygen atoms in total. The summed E-state index contributed by atoms with van der Waals surface area (Å²) in [5.41, 5.74) is 1.96. The van der Waals surface area contributed by atoms with Gasteiger partial charge in [-0.15, -0.1) is 0 Å². The molecule has 24 heavy (non-hydrogen) atoms. The smallest absolute Gasteiger partial charge is 0.335 e. The van der Waals surface area contributed by atoms with E-state index in [4.69, 9.17) is 9.84 Å². The Morgan fingerprint density at radius 1 is 1.08 bits per heavy atom. The highest BCUT2D eigenvalue weighted by molar-refractivity contribution is 5.91. The lowest BCUT2D eigenvalue weighted by molar-refractivity contribution is -0.116. The minimum Gasteiger partial charge on any atom is -0.494 e. The number of hydrogen-bond acceptors (Lipinski definition) is 3. The average Bonchev–Trinajstić information content (AvgIpc) is 2.60. The monoisotopic (exact) mass is 325 g/mol. The number of rotatable bonds is 7. The Morgan fingerprint density at radius 2 is 1.75 bits per heavy atom. The third kappa shape index (κ3) is 5.28. The van der Waals surface area contributed by atoms with Crippen LogP contribution in [-0.2, 0) is 11.3 Å². The second-order valence-electron chi connectivity index (χ2n) is 5.06. The largest absolute Gasteiger partial charge is 0.494 e. The van der Waals surface area contributed by atoms with Crippen LogP contribution in [0.2, 0.25) is 0 Å². The maximum absolute atomic E-state index is 11.8. The predicted octanol–water partition coefficient (Wildman–Crippen LogP) is 3.11. The van der Waals surface area contributed by atoms with E-state index in [1.54, 1.807) is 18.2 Å². The molecule has 0 heterocycles. The Kier molecular flexibility index (Phi) is 6.14. The molecule has 0 bridgehead atoms. The van der Waals surface area contributed by atoms with Crippen LogP contribution in [0.15, 0.2) is 54.6 Å². The maximum Gasteiger partial charge on any atom is 0.335 e. The fraction of sp³-hybridized carbons (Fsp3) is 0.158. The number of carboxylic acid groups (broad SMARTS) is 1. The summed E-state index contributed by atoms with van der Waals surface area (Å²) in [7, 11) is 0. The van der Waals surface area contributed by atoms with E-state index >= 15 is 0 Å². The molecule has 0 unspecified atom stereocenters. The molecule has 0 aliphatic rings. The standard InChI is InChI=1S/C19H19NO4/c1-2-24-17-10-5-14(6-11-17)7-12-18(21)20-13-15-3-8-16(9-4-15)19(22)23/h3-12H,2,13H2,1H3,(H,20,21)(H,22,23)/b12-7+. The fourth-order valence-electron chi connectivity index (χ4n) is 2.03. The van der Waals surface area contributed by atoms with Crippen LogP contribution in [0.5, 0.6) is 5.75 Å². The van der Waals surface area contributed by atoms with Crippen molar-refractivity contribution < 1.29 is 19.4 Å². The third-order valence-corrected chi connectivity index (χ3v) is 3.29. The van der Waals surface area contributed by atoms with Crippen LogP contribution in [0.3, 0.4) is 0 Å². The summed E-state index contributed by atoms with van der Waals surface area (Å²) >= 11 is 0. The van der Waals surface area contributed by atoms with Gasteiger partial charge in [-0.05, 0) is 48.4 Å². The molecular formula is C19H19NO4. The molecule has 0 saturated heterocycles. The van der Waals surface area contributed by atoms with Gasteiger partial charge in [-0.1, -0.05) is 24.3 Å². The van der Waals surface area contributed by atoms with Gasteiger partial charge < -0.3 is 15.2 Å². The molecule has 0 saturated carbocycles. The minimum atomic E-state index is -0.969. The quantitative estimate of drug-likeness (QED) is 0.767. The highest BCUT2D eigenvalue weighted by atomic mass is 16.5. The number of hydrogen-bond donors (Lipinski definition) is 2. The minimum absolute atomic E-state index is 0.216. The highest BCUT2D eigenvalue weighted by Crippen LogP contribution is 2.13. The molecule has 2 N–H and O–H groups in total. The second-order valence-corrected chi connectivity index (χ2v) is 5.06. The van der Waals surface area contributed by atoms with Crippen molar-refractivity contribution in [1.29, 1.82) is 0 Å². The third-order valence-electron chi connectivity index (χ3n) is 3.29. The van der Waals surface area contributed by atoms with Gasteiger partial charge in [0.25, 0.3) is 0 Å². The molecule has 1 amide bonds. The zero-order valence-electron chi connectivity index (χ0n) is 13.4. The van der Waals surface area contributed by atoms with Crippen molar-refractivity contribution in [2.24, 2.45) is 0 Å². The van der Waals surface area contributed by atoms with Crippen LogP contribution in [-0.4, -0.2) is 23.6 Å². The highest BCUT2D eigenvalue weighted by Gasteiger charge is 2.02. The Balaban J connectivity index is 1.85. The molecule has 0 radical (unpaired) electrons. The normalized spacial score (nSPS) is 10.5. The molecule has 5 heteroatoms. The van der Waals surface area contributed by atoms with Crippen molar-refractivity contribution >= 4 is 18.0 Å². The summed E-state index contributed by atoms with van der Waals surface area (Å²) in [5.74, 6) is -0.390. The zero-order chi connectivity index (χ0) is 17.4. The van der Waals surface area contributed by atoms with Crippen LogP contribution in [0, 0.1) is 0 Å². The number of nitrogens with one attached hydrogen (secondary N) is 1. The van der Waals surface area contributed by atoms with Gasteiger partial charge in [-0.2, -0.15) is 0 Å².